The number of aromatic nitrogens is 1. The molecule has 7 heteroatoms. The first kappa shape index (κ1) is 13.3. The lowest BCUT2D eigenvalue weighted by Gasteiger charge is -2.35. The SMILES string of the molecule is NCC(=O)N1CCN(c2[c]c(C(N)=O)ncc2)CC1. The first-order chi connectivity index (χ1) is 9.11. The molecule has 0 spiro atoms. The molecule has 4 N–H and O–H groups in total. The van der Waals surface area contributed by atoms with Crippen molar-refractivity contribution in [1.82, 2.24) is 9.88 Å². The highest BCUT2D eigenvalue weighted by atomic mass is 16.2. The average molecular weight is 262 g/mol. The van der Waals surface area contributed by atoms with E-state index in [1.807, 2.05) is 4.90 Å². The molecule has 1 aliphatic rings. The number of nitrogens with zero attached hydrogens (tertiary/aromatic N) is 3. The monoisotopic (exact) mass is 262 g/mol. The minimum absolute atomic E-state index is 0.0349. The Morgan fingerprint density at radius 2 is 2.00 bits per heavy atom. The summed E-state index contributed by atoms with van der Waals surface area (Å²) in [5.41, 5.74) is 11.4. The fourth-order valence-corrected chi connectivity index (χ4v) is 2.01. The lowest BCUT2D eigenvalue weighted by Crippen LogP contribution is -2.50. The molecule has 1 aliphatic heterocycles. The zero-order valence-corrected chi connectivity index (χ0v) is 10.5. The van der Waals surface area contributed by atoms with Crippen LogP contribution in [0.15, 0.2) is 12.3 Å². The molecule has 101 valence electrons. The lowest BCUT2D eigenvalue weighted by atomic mass is 10.2. The predicted octanol–water partition coefficient (Wildman–Crippen LogP) is -1.41. The number of primary amides is 1. The summed E-state index contributed by atoms with van der Waals surface area (Å²) >= 11 is 0. The van der Waals surface area contributed by atoms with Crippen LogP contribution in [0.25, 0.3) is 0 Å². The molecular weight excluding hydrogens is 246 g/mol. The van der Waals surface area contributed by atoms with E-state index in [1.165, 1.54) is 6.20 Å². The number of nitrogens with two attached hydrogens (primary N) is 2. The molecule has 1 aromatic heterocycles. The largest absolute Gasteiger partial charge is 0.367 e. The predicted molar refractivity (Wildman–Crippen MR) is 69.4 cm³/mol. The maximum absolute atomic E-state index is 11.5. The van der Waals surface area contributed by atoms with Gasteiger partial charge in [0.15, 0.2) is 0 Å². The van der Waals surface area contributed by atoms with Crippen molar-refractivity contribution in [2.24, 2.45) is 11.5 Å². The highest BCUT2D eigenvalue weighted by Crippen LogP contribution is 2.15. The smallest absolute Gasteiger partial charge is 0.268 e. The molecule has 2 rings (SSSR count). The Hall–Kier alpha value is -2.15. The van der Waals surface area contributed by atoms with E-state index in [-0.39, 0.29) is 18.1 Å². The van der Waals surface area contributed by atoms with Crippen LogP contribution in [0.1, 0.15) is 10.5 Å². The molecule has 1 fully saturated rings. The molecule has 0 aliphatic carbocycles. The van der Waals surface area contributed by atoms with Gasteiger partial charge in [-0.25, -0.2) is 0 Å². The summed E-state index contributed by atoms with van der Waals surface area (Å²) in [6.07, 6.45) is 1.53. The molecule has 1 radical (unpaired) electrons. The molecule has 1 aromatic rings. The van der Waals surface area contributed by atoms with E-state index in [1.54, 1.807) is 11.0 Å². The second kappa shape index (κ2) is 5.66. The second-order valence-electron chi connectivity index (χ2n) is 4.24. The summed E-state index contributed by atoms with van der Waals surface area (Å²) < 4.78 is 0. The molecule has 1 saturated heterocycles. The van der Waals surface area contributed by atoms with Gasteiger partial charge in [0.1, 0.15) is 5.69 Å². The van der Waals surface area contributed by atoms with Gasteiger partial charge < -0.3 is 21.3 Å². The highest BCUT2D eigenvalue weighted by molar-refractivity contribution is 5.91. The van der Waals surface area contributed by atoms with Gasteiger partial charge >= 0.3 is 0 Å². The summed E-state index contributed by atoms with van der Waals surface area (Å²) in [6, 6.07) is 4.65. The fraction of sp³-hybridized carbons (Fsp3) is 0.417. The van der Waals surface area contributed by atoms with E-state index < -0.39 is 5.91 Å². The van der Waals surface area contributed by atoms with Crippen molar-refractivity contribution in [3.8, 4) is 0 Å². The molecule has 7 nitrogen and oxygen atoms in total. The van der Waals surface area contributed by atoms with Crippen LogP contribution < -0.4 is 16.4 Å². The third-order valence-corrected chi connectivity index (χ3v) is 3.06. The van der Waals surface area contributed by atoms with E-state index in [9.17, 15) is 9.59 Å². The molecule has 19 heavy (non-hydrogen) atoms. The number of carbonyl (C=O) groups excluding carboxylic acids is 2. The van der Waals surface area contributed by atoms with Crippen LogP contribution in [-0.2, 0) is 4.79 Å². The Morgan fingerprint density at radius 3 is 2.58 bits per heavy atom. The molecule has 2 heterocycles. The number of rotatable bonds is 3. The molecule has 0 bridgehead atoms. The van der Waals surface area contributed by atoms with E-state index in [4.69, 9.17) is 11.5 Å². The summed E-state index contributed by atoms with van der Waals surface area (Å²) in [7, 11) is 0. The Morgan fingerprint density at radius 1 is 1.32 bits per heavy atom. The van der Waals surface area contributed by atoms with Crippen molar-refractivity contribution < 1.29 is 9.59 Å². The normalized spacial score (nSPS) is 15.4. The zero-order valence-electron chi connectivity index (χ0n) is 10.5. The Bertz CT molecular complexity index is 483. The zero-order chi connectivity index (χ0) is 13.8. The standard InChI is InChI=1S/C12H16N5O2/c13-8-11(18)17-5-3-16(4-6-17)9-1-2-15-10(7-9)12(14)19/h1-2H,3-6,8,13H2,(H2,14,19). The number of piperazine rings is 1. The lowest BCUT2D eigenvalue weighted by molar-refractivity contribution is -0.129. The van der Waals surface area contributed by atoms with Crippen molar-refractivity contribution in [2.75, 3.05) is 37.6 Å². The average Bonchev–Trinajstić information content (AvgIpc) is 2.46. The third-order valence-electron chi connectivity index (χ3n) is 3.06. The van der Waals surface area contributed by atoms with E-state index in [0.717, 1.165) is 5.69 Å². The minimum Gasteiger partial charge on any atom is -0.367 e. The van der Waals surface area contributed by atoms with Gasteiger partial charge in [0, 0.05) is 44.1 Å². The van der Waals surface area contributed by atoms with Crippen LogP contribution in [0.4, 0.5) is 5.69 Å². The van der Waals surface area contributed by atoms with E-state index in [0.29, 0.717) is 26.2 Å². The van der Waals surface area contributed by atoms with Gasteiger partial charge in [-0.1, -0.05) is 0 Å². The molecule has 2 amide bonds. The summed E-state index contributed by atoms with van der Waals surface area (Å²) in [4.78, 5) is 30.1. The first-order valence-corrected chi connectivity index (χ1v) is 6.02. The van der Waals surface area contributed by atoms with Gasteiger partial charge in [0.2, 0.25) is 5.91 Å². The van der Waals surface area contributed by atoms with Gasteiger partial charge in [0.25, 0.3) is 5.91 Å². The minimum atomic E-state index is -0.598. The molecule has 0 saturated carbocycles. The molecular formula is C12H16N5O2. The molecule has 0 atom stereocenters. The number of hydrogen-bond donors (Lipinski definition) is 2. The van der Waals surface area contributed by atoms with Crippen LogP contribution in [0, 0.1) is 6.07 Å². The second-order valence-corrected chi connectivity index (χ2v) is 4.24. The van der Waals surface area contributed by atoms with Crippen molar-refractivity contribution in [3.05, 3.63) is 24.0 Å². The van der Waals surface area contributed by atoms with Crippen LogP contribution in [-0.4, -0.2) is 54.4 Å². The van der Waals surface area contributed by atoms with Crippen molar-refractivity contribution in [1.29, 1.82) is 0 Å². The summed E-state index contributed by atoms with van der Waals surface area (Å²) in [5, 5.41) is 0. The van der Waals surface area contributed by atoms with Crippen molar-refractivity contribution in [2.45, 2.75) is 0 Å². The van der Waals surface area contributed by atoms with Gasteiger partial charge in [-0.3, -0.25) is 14.6 Å². The Labute approximate surface area is 111 Å². The number of amides is 2. The van der Waals surface area contributed by atoms with Crippen LogP contribution in [0.2, 0.25) is 0 Å². The summed E-state index contributed by atoms with van der Waals surface area (Å²) in [5.74, 6) is -0.644. The van der Waals surface area contributed by atoms with Gasteiger partial charge in [-0.05, 0) is 6.07 Å². The van der Waals surface area contributed by atoms with Crippen molar-refractivity contribution in [3.63, 3.8) is 0 Å². The first-order valence-electron chi connectivity index (χ1n) is 6.02. The van der Waals surface area contributed by atoms with Gasteiger partial charge in [0.05, 0.1) is 6.54 Å². The Balaban J connectivity index is 2.03. The number of hydrogen-bond acceptors (Lipinski definition) is 5. The molecule has 0 unspecified atom stereocenters. The third kappa shape index (κ3) is 3.00. The fourth-order valence-electron chi connectivity index (χ4n) is 2.01. The number of pyridine rings is 1. The van der Waals surface area contributed by atoms with Crippen molar-refractivity contribution >= 4 is 17.5 Å². The number of carbonyl (C=O) groups is 2. The topological polar surface area (TPSA) is 106 Å². The quantitative estimate of drug-likeness (QED) is 0.696. The van der Waals surface area contributed by atoms with E-state index in [2.05, 4.69) is 11.1 Å². The number of anilines is 1. The van der Waals surface area contributed by atoms with Crippen LogP contribution >= 0.6 is 0 Å². The summed E-state index contributed by atoms with van der Waals surface area (Å²) in [6.45, 7) is 2.60. The maximum Gasteiger partial charge on any atom is 0.268 e. The van der Waals surface area contributed by atoms with Gasteiger partial charge in [-0.2, -0.15) is 0 Å². The highest BCUT2D eigenvalue weighted by Gasteiger charge is 2.20. The van der Waals surface area contributed by atoms with Crippen LogP contribution in [0.3, 0.4) is 0 Å². The maximum atomic E-state index is 11.5. The van der Waals surface area contributed by atoms with Gasteiger partial charge in [-0.15, -0.1) is 0 Å². The van der Waals surface area contributed by atoms with E-state index >= 15 is 0 Å². The Kier molecular flexibility index (Phi) is 3.96. The van der Waals surface area contributed by atoms with Crippen LogP contribution in [0.5, 0.6) is 0 Å². The molecule has 0 aromatic carbocycles.